The number of aliphatic imine (C=N–C) groups is 1. The van der Waals surface area contributed by atoms with E-state index < -0.39 is 0 Å². The summed E-state index contributed by atoms with van der Waals surface area (Å²) < 4.78 is 7.07. The van der Waals surface area contributed by atoms with Crippen molar-refractivity contribution in [1.82, 2.24) is 5.32 Å². The Morgan fingerprint density at radius 2 is 1.76 bits per heavy atom. The Bertz CT molecular complexity index is 1440. The van der Waals surface area contributed by atoms with Crippen molar-refractivity contribution in [3.8, 4) is 5.75 Å². The molecule has 1 heterocycles. The zero-order valence-electron chi connectivity index (χ0n) is 18.4. The number of halogens is 1. The fourth-order valence-electron chi connectivity index (χ4n) is 3.58. The first-order valence-corrected chi connectivity index (χ1v) is 12.7. The van der Waals surface area contributed by atoms with E-state index in [0.29, 0.717) is 16.7 Å². The van der Waals surface area contributed by atoms with Gasteiger partial charge in [0.25, 0.3) is 5.91 Å². The van der Waals surface area contributed by atoms with E-state index in [0.717, 1.165) is 26.1 Å². The van der Waals surface area contributed by atoms with Crippen LogP contribution in [0.3, 0.4) is 0 Å². The standard InChI is InChI=1S/C28H21IN2O2S/c1-18-6-11-23(12-7-18)30-28-31-27(32)26(34-28)16-19-9-13-25(24(29)15-19)33-17-20-8-10-21-4-2-3-5-22(21)14-20/h2-16H,17H2,1H3,(H,30,31,32)/b26-16+. The van der Waals surface area contributed by atoms with Gasteiger partial charge >= 0.3 is 0 Å². The molecule has 1 fully saturated rings. The summed E-state index contributed by atoms with van der Waals surface area (Å²) in [6.45, 7) is 2.53. The highest BCUT2D eigenvalue weighted by atomic mass is 127. The third kappa shape index (κ3) is 5.34. The second-order valence-corrected chi connectivity index (χ2v) is 10.2. The van der Waals surface area contributed by atoms with Crippen LogP contribution in [0.4, 0.5) is 5.69 Å². The highest BCUT2D eigenvalue weighted by Gasteiger charge is 2.23. The minimum absolute atomic E-state index is 0.137. The first-order chi connectivity index (χ1) is 16.5. The van der Waals surface area contributed by atoms with Gasteiger partial charge < -0.3 is 10.1 Å². The molecule has 0 radical (unpaired) electrons. The van der Waals surface area contributed by atoms with Gasteiger partial charge in [-0.25, -0.2) is 4.99 Å². The lowest BCUT2D eigenvalue weighted by Gasteiger charge is -2.10. The largest absolute Gasteiger partial charge is 0.488 e. The van der Waals surface area contributed by atoms with Crippen LogP contribution in [-0.4, -0.2) is 11.1 Å². The number of thioether (sulfide) groups is 1. The molecule has 0 unspecified atom stereocenters. The van der Waals surface area contributed by atoms with E-state index in [4.69, 9.17) is 4.74 Å². The van der Waals surface area contributed by atoms with Gasteiger partial charge in [0, 0.05) is 0 Å². The molecule has 1 aliphatic heterocycles. The lowest BCUT2D eigenvalue weighted by Crippen LogP contribution is -2.19. The van der Waals surface area contributed by atoms with Crippen LogP contribution in [0.25, 0.3) is 16.8 Å². The number of carbonyl (C=O) groups is 1. The molecule has 4 aromatic carbocycles. The smallest absolute Gasteiger partial charge is 0.264 e. The van der Waals surface area contributed by atoms with Crippen molar-refractivity contribution in [1.29, 1.82) is 0 Å². The van der Waals surface area contributed by atoms with E-state index in [2.05, 4.69) is 63.2 Å². The normalized spacial score (nSPS) is 15.8. The number of fused-ring (bicyclic) bond motifs is 1. The van der Waals surface area contributed by atoms with Crippen LogP contribution in [0, 0.1) is 10.5 Å². The van der Waals surface area contributed by atoms with Crippen molar-refractivity contribution in [3.63, 3.8) is 0 Å². The molecular formula is C28H21IN2O2S. The lowest BCUT2D eigenvalue weighted by molar-refractivity contribution is -0.115. The molecule has 0 aliphatic carbocycles. The number of ether oxygens (including phenoxy) is 1. The Hall–Kier alpha value is -3.10. The molecule has 34 heavy (non-hydrogen) atoms. The average Bonchev–Trinajstić information content (AvgIpc) is 3.18. The average molecular weight is 576 g/mol. The molecular weight excluding hydrogens is 555 g/mol. The Balaban J connectivity index is 1.27. The quantitative estimate of drug-likeness (QED) is 0.202. The Labute approximate surface area is 216 Å². The number of rotatable bonds is 5. The topological polar surface area (TPSA) is 50.7 Å². The summed E-state index contributed by atoms with van der Waals surface area (Å²) in [7, 11) is 0. The Kier molecular flexibility index (Phi) is 6.69. The molecule has 4 nitrogen and oxygen atoms in total. The summed E-state index contributed by atoms with van der Waals surface area (Å²) in [6, 6.07) is 28.5. The van der Waals surface area contributed by atoms with E-state index in [-0.39, 0.29) is 5.91 Å². The van der Waals surface area contributed by atoms with Crippen molar-refractivity contribution in [3.05, 3.63) is 110 Å². The minimum atomic E-state index is -0.137. The zero-order valence-corrected chi connectivity index (χ0v) is 21.4. The molecule has 168 valence electrons. The van der Waals surface area contributed by atoms with Gasteiger partial charge in [-0.05, 0) is 99.6 Å². The van der Waals surface area contributed by atoms with Gasteiger partial charge in [0.2, 0.25) is 0 Å². The second-order valence-electron chi connectivity index (χ2n) is 7.98. The maximum absolute atomic E-state index is 12.4. The number of carbonyl (C=O) groups excluding carboxylic acids is 1. The van der Waals surface area contributed by atoms with Crippen LogP contribution in [0.15, 0.2) is 94.8 Å². The van der Waals surface area contributed by atoms with Crippen LogP contribution in [-0.2, 0) is 11.4 Å². The summed E-state index contributed by atoms with van der Waals surface area (Å²) in [5, 5.41) is 5.86. The Morgan fingerprint density at radius 3 is 2.56 bits per heavy atom. The van der Waals surface area contributed by atoms with Gasteiger partial charge in [-0.15, -0.1) is 0 Å². The molecule has 1 N–H and O–H groups in total. The molecule has 0 spiro atoms. The predicted octanol–water partition coefficient (Wildman–Crippen LogP) is 7.22. The third-order valence-corrected chi connectivity index (χ3v) is 7.13. The maximum atomic E-state index is 12.4. The first kappa shape index (κ1) is 22.7. The van der Waals surface area contributed by atoms with E-state index in [9.17, 15) is 4.79 Å². The second kappa shape index (κ2) is 10.0. The van der Waals surface area contributed by atoms with Gasteiger partial charge in [-0.1, -0.05) is 60.2 Å². The van der Waals surface area contributed by atoms with Gasteiger partial charge in [0.05, 0.1) is 14.2 Å². The molecule has 1 amide bonds. The molecule has 0 bridgehead atoms. The van der Waals surface area contributed by atoms with Crippen molar-refractivity contribution >= 4 is 68.0 Å². The minimum Gasteiger partial charge on any atom is -0.488 e. The molecule has 0 saturated carbocycles. The molecule has 5 rings (SSSR count). The molecule has 4 aromatic rings. The molecule has 0 aromatic heterocycles. The summed E-state index contributed by atoms with van der Waals surface area (Å²) in [4.78, 5) is 17.6. The fraction of sp³-hybridized carbons (Fsp3) is 0.0714. The van der Waals surface area contributed by atoms with Gasteiger partial charge in [0.1, 0.15) is 12.4 Å². The number of nitrogens with zero attached hydrogens (tertiary/aromatic N) is 1. The summed E-state index contributed by atoms with van der Waals surface area (Å²) in [5.74, 6) is 0.684. The van der Waals surface area contributed by atoms with Crippen molar-refractivity contribution in [2.75, 3.05) is 0 Å². The van der Waals surface area contributed by atoms with E-state index >= 15 is 0 Å². The van der Waals surface area contributed by atoms with Crippen molar-refractivity contribution in [2.24, 2.45) is 4.99 Å². The number of amidine groups is 1. The van der Waals surface area contributed by atoms with E-state index in [1.807, 2.05) is 67.6 Å². The molecule has 6 heteroatoms. The lowest BCUT2D eigenvalue weighted by atomic mass is 10.1. The van der Waals surface area contributed by atoms with Crippen LogP contribution >= 0.6 is 34.4 Å². The van der Waals surface area contributed by atoms with Crippen molar-refractivity contribution in [2.45, 2.75) is 13.5 Å². The first-order valence-electron chi connectivity index (χ1n) is 10.8. The Morgan fingerprint density at radius 1 is 0.971 bits per heavy atom. The number of benzene rings is 4. The monoisotopic (exact) mass is 576 g/mol. The summed E-state index contributed by atoms with van der Waals surface area (Å²) in [5.41, 5.74) is 4.06. The predicted molar refractivity (Wildman–Crippen MR) is 149 cm³/mol. The number of aryl methyl sites for hydroxylation is 1. The summed E-state index contributed by atoms with van der Waals surface area (Å²) >= 11 is 3.62. The number of hydrogen-bond acceptors (Lipinski definition) is 4. The zero-order chi connectivity index (χ0) is 23.5. The molecule has 1 aliphatic rings. The van der Waals surface area contributed by atoms with Crippen LogP contribution < -0.4 is 10.1 Å². The van der Waals surface area contributed by atoms with E-state index in [1.165, 1.54) is 28.1 Å². The van der Waals surface area contributed by atoms with E-state index in [1.54, 1.807) is 0 Å². The highest BCUT2D eigenvalue weighted by Crippen LogP contribution is 2.30. The SMILES string of the molecule is Cc1ccc(N=C2NC(=O)/C(=C\c3ccc(OCc4ccc5ccccc5c4)c(I)c3)S2)cc1. The van der Waals surface area contributed by atoms with Gasteiger partial charge in [-0.3, -0.25) is 4.79 Å². The van der Waals surface area contributed by atoms with Crippen molar-refractivity contribution < 1.29 is 9.53 Å². The molecule has 1 saturated heterocycles. The highest BCUT2D eigenvalue weighted by molar-refractivity contribution is 14.1. The number of hydrogen-bond donors (Lipinski definition) is 1. The maximum Gasteiger partial charge on any atom is 0.264 e. The molecule has 0 atom stereocenters. The van der Waals surface area contributed by atoms with Crippen LogP contribution in [0.5, 0.6) is 5.75 Å². The van der Waals surface area contributed by atoms with Gasteiger partial charge in [-0.2, -0.15) is 0 Å². The number of nitrogens with one attached hydrogen (secondary N) is 1. The van der Waals surface area contributed by atoms with Crippen LogP contribution in [0.2, 0.25) is 0 Å². The fourth-order valence-corrected chi connectivity index (χ4v) is 5.12. The van der Waals surface area contributed by atoms with Gasteiger partial charge in [0.15, 0.2) is 5.17 Å². The summed E-state index contributed by atoms with van der Waals surface area (Å²) in [6.07, 6.45) is 1.88. The third-order valence-electron chi connectivity index (χ3n) is 5.38. The van der Waals surface area contributed by atoms with Crippen LogP contribution in [0.1, 0.15) is 16.7 Å². The number of amides is 1.